The molecule has 0 unspecified atom stereocenters. The zero-order valence-electron chi connectivity index (χ0n) is 27.2. The van der Waals surface area contributed by atoms with Crippen molar-refractivity contribution in [3.63, 3.8) is 0 Å². The highest BCUT2D eigenvalue weighted by atomic mass is 35.5. The number of anilines is 1. The van der Waals surface area contributed by atoms with Gasteiger partial charge in [0.2, 0.25) is 11.8 Å². The number of nitrogens with zero attached hydrogens (tertiary/aromatic N) is 2. The molecule has 2 amide bonds. The number of nitrogens with one attached hydrogen (secondary N) is 1. The Morgan fingerprint density at radius 2 is 1.49 bits per heavy atom. The molecule has 2 atom stereocenters. The van der Waals surface area contributed by atoms with E-state index in [1.165, 1.54) is 17.0 Å². The van der Waals surface area contributed by atoms with Crippen molar-refractivity contribution in [2.45, 2.75) is 64.1 Å². The monoisotopic (exact) mass is 675 g/mol. The van der Waals surface area contributed by atoms with Crippen LogP contribution >= 0.6 is 11.6 Å². The van der Waals surface area contributed by atoms with Gasteiger partial charge in [-0.25, -0.2) is 8.42 Å². The van der Waals surface area contributed by atoms with Gasteiger partial charge in [0.05, 0.1) is 17.2 Å². The summed E-state index contributed by atoms with van der Waals surface area (Å²) in [6.07, 6.45) is 0.940. The topological polar surface area (TPSA) is 96.0 Å². The molecular formula is C37H42ClN3O5S. The molecule has 0 aromatic heterocycles. The number of halogens is 1. The maximum atomic E-state index is 14.6. The highest BCUT2D eigenvalue weighted by molar-refractivity contribution is 7.92. The minimum atomic E-state index is -4.22. The number of rotatable bonds is 15. The summed E-state index contributed by atoms with van der Waals surface area (Å²) in [4.78, 5) is 30.0. The summed E-state index contributed by atoms with van der Waals surface area (Å²) in [5.41, 5.74) is 2.87. The van der Waals surface area contributed by atoms with Crippen LogP contribution in [-0.2, 0) is 32.6 Å². The summed E-state index contributed by atoms with van der Waals surface area (Å²) in [7, 11) is -4.22. The summed E-state index contributed by atoms with van der Waals surface area (Å²) in [6, 6.07) is 28.5. The van der Waals surface area contributed by atoms with E-state index in [9.17, 15) is 18.0 Å². The summed E-state index contributed by atoms with van der Waals surface area (Å²) in [5.74, 6) is -0.313. The molecule has 0 bridgehead atoms. The van der Waals surface area contributed by atoms with Crippen LogP contribution in [0.2, 0.25) is 5.02 Å². The number of sulfonamides is 1. The molecule has 4 aromatic carbocycles. The fourth-order valence-electron chi connectivity index (χ4n) is 5.02. The van der Waals surface area contributed by atoms with E-state index in [1.807, 2.05) is 58.0 Å². The normalized spacial score (nSPS) is 12.5. The lowest BCUT2D eigenvalue weighted by atomic mass is 10.0. The fraction of sp³-hybridized carbons (Fsp3) is 0.297. The van der Waals surface area contributed by atoms with Crippen molar-refractivity contribution >= 4 is 39.1 Å². The lowest BCUT2D eigenvalue weighted by molar-refractivity contribution is -0.140. The van der Waals surface area contributed by atoms with Crippen LogP contribution in [0.15, 0.2) is 108 Å². The van der Waals surface area contributed by atoms with Gasteiger partial charge in [0.15, 0.2) is 0 Å². The molecular weight excluding hydrogens is 634 g/mol. The van der Waals surface area contributed by atoms with Gasteiger partial charge in [-0.2, -0.15) is 0 Å². The molecule has 0 spiro atoms. The molecule has 0 aliphatic carbocycles. The van der Waals surface area contributed by atoms with Crippen LogP contribution in [0.3, 0.4) is 0 Å². The molecule has 4 aromatic rings. The number of ether oxygens (including phenoxy) is 1. The Kier molecular flexibility index (Phi) is 12.4. The molecule has 0 saturated carbocycles. The van der Waals surface area contributed by atoms with E-state index in [1.54, 1.807) is 60.7 Å². The molecule has 8 nitrogen and oxygen atoms in total. The van der Waals surface area contributed by atoms with Gasteiger partial charge in [-0.05, 0) is 86.8 Å². The molecule has 0 radical (unpaired) electrons. The SMILES string of the molecule is CCOc1ccc(S(=O)(=O)N(CC(=O)N(Cc2ccc(Cl)cc2)[C@@H](Cc2ccccc2)C(=O)N[C@H](C)CC)c2ccc(C)cc2)cc1. The molecule has 47 heavy (non-hydrogen) atoms. The van der Waals surface area contributed by atoms with Crippen LogP contribution in [0.4, 0.5) is 5.69 Å². The maximum absolute atomic E-state index is 14.6. The Balaban J connectivity index is 1.79. The molecule has 0 fully saturated rings. The van der Waals surface area contributed by atoms with E-state index in [-0.39, 0.29) is 29.8 Å². The first-order valence-corrected chi connectivity index (χ1v) is 17.5. The van der Waals surface area contributed by atoms with Crippen LogP contribution < -0.4 is 14.4 Å². The van der Waals surface area contributed by atoms with Crippen molar-refractivity contribution in [1.29, 1.82) is 0 Å². The molecule has 0 aliphatic rings. The zero-order valence-corrected chi connectivity index (χ0v) is 28.8. The quantitative estimate of drug-likeness (QED) is 0.150. The third kappa shape index (κ3) is 9.59. The van der Waals surface area contributed by atoms with Gasteiger partial charge in [-0.3, -0.25) is 13.9 Å². The Bertz CT molecular complexity index is 1720. The van der Waals surface area contributed by atoms with Crippen molar-refractivity contribution in [2.75, 3.05) is 17.5 Å². The summed E-state index contributed by atoms with van der Waals surface area (Å²) >= 11 is 6.16. The molecule has 248 valence electrons. The van der Waals surface area contributed by atoms with Gasteiger partial charge in [-0.1, -0.05) is 78.7 Å². The molecule has 0 saturated heterocycles. The summed E-state index contributed by atoms with van der Waals surface area (Å²) < 4.78 is 35.1. The van der Waals surface area contributed by atoms with Gasteiger partial charge >= 0.3 is 0 Å². The van der Waals surface area contributed by atoms with Crippen molar-refractivity contribution in [3.8, 4) is 5.75 Å². The average molecular weight is 676 g/mol. The van der Waals surface area contributed by atoms with Gasteiger partial charge in [-0.15, -0.1) is 0 Å². The molecule has 4 rings (SSSR count). The first-order valence-electron chi connectivity index (χ1n) is 15.7. The van der Waals surface area contributed by atoms with E-state index in [2.05, 4.69) is 5.32 Å². The molecule has 10 heteroatoms. The fourth-order valence-corrected chi connectivity index (χ4v) is 6.56. The van der Waals surface area contributed by atoms with Crippen LogP contribution in [0, 0.1) is 6.92 Å². The summed E-state index contributed by atoms with van der Waals surface area (Å²) in [5, 5.41) is 3.58. The predicted octanol–water partition coefficient (Wildman–Crippen LogP) is 6.80. The Morgan fingerprint density at radius 1 is 0.851 bits per heavy atom. The van der Waals surface area contributed by atoms with Crippen molar-refractivity contribution in [2.24, 2.45) is 0 Å². The van der Waals surface area contributed by atoms with Crippen LogP contribution in [0.25, 0.3) is 0 Å². The van der Waals surface area contributed by atoms with Crippen molar-refractivity contribution < 1.29 is 22.7 Å². The molecule has 1 N–H and O–H groups in total. The van der Waals surface area contributed by atoms with Crippen molar-refractivity contribution in [3.05, 3.63) is 125 Å². The second-order valence-electron chi connectivity index (χ2n) is 11.4. The Labute approximate surface area is 283 Å². The second-order valence-corrected chi connectivity index (χ2v) is 13.7. The number of carbonyl (C=O) groups is 2. The first-order chi connectivity index (χ1) is 22.5. The van der Waals surface area contributed by atoms with E-state index in [0.29, 0.717) is 29.5 Å². The van der Waals surface area contributed by atoms with E-state index in [0.717, 1.165) is 21.0 Å². The molecule has 0 aliphatic heterocycles. The van der Waals surface area contributed by atoms with Gasteiger partial charge in [0, 0.05) is 24.0 Å². The second kappa shape index (κ2) is 16.5. The first kappa shape index (κ1) is 35.5. The van der Waals surface area contributed by atoms with Gasteiger partial charge < -0.3 is 15.0 Å². The van der Waals surface area contributed by atoms with Crippen LogP contribution in [0.1, 0.15) is 43.9 Å². The smallest absolute Gasteiger partial charge is 0.264 e. The van der Waals surface area contributed by atoms with Crippen molar-refractivity contribution in [1.82, 2.24) is 10.2 Å². The maximum Gasteiger partial charge on any atom is 0.264 e. The lowest BCUT2D eigenvalue weighted by Gasteiger charge is -2.34. The van der Waals surface area contributed by atoms with Crippen LogP contribution in [0.5, 0.6) is 5.75 Å². The number of hydrogen-bond acceptors (Lipinski definition) is 5. The van der Waals surface area contributed by atoms with Gasteiger partial charge in [0.1, 0.15) is 18.3 Å². The van der Waals surface area contributed by atoms with E-state index < -0.39 is 28.5 Å². The summed E-state index contributed by atoms with van der Waals surface area (Å²) in [6.45, 7) is 7.59. The standard InChI is InChI=1S/C37H42ClN3O5S/c1-5-28(4)39-37(43)35(24-29-10-8-7-9-11-29)40(25-30-14-16-31(38)17-15-30)36(42)26-41(32-18-12-27(3)13-19-32)47(44,45)34-22-20-33(21-23-34)46-6-2/h7-23,28,35H,5-6,24-26H2,1-4H3,(H,39,43)/t28-,35+/m1/s1. The number of carbonyl (C=O) groups excluding carboxylic acids is 2. The third-order valence-corrected chi connectivity index (χ3v) is 9.90. The average Bonchev–Trinajstić information content (AvgIpc) is 3.07. The number of aryl methyl sites for hydroxylation is 1. The highest BCUT2D eigenvalue weighted by Gasteiger charge is 2.35. The number of benzene rings is 4. The van der Waals surface area contributed by atoms with Gasteiger partial charge in [0.25, 0.3) is 10.0 Å². The Hall–Kier alpha value is -4.34. The number of hydrogen-bond donors (Lipinski definition) is 1. The lowest BCUT2D eigenvalue weighted by Crippen LogP contribution is -2.54. The third-order valence-electron chi connectivity index (χ3n) is 7.86. The molecule has 0 heterocycles. The predicted molar refractivity (Wildman–Crippen MR) is 187 cm³/mol. The Morgan fingerprint density at radius 3 is 2.09 bits per heavy atom. The highest BCUT2D eigenvalue weighted by Crippen LogP contribution is 2.27. The minimum absolute atomic E-state index is 0.00827. The largest absolute Gasteiger partial charge is 0.494 e. The number of amides is 2. The zero-order chi connectivity index (χ0) is 34.0. The minimum Gasteiger partial charge on any atom is -0.494 e. The van der Waals surface area contributed by atoms with E-state index in [4.69, 9.17) is 16.3 Å². The van der Waals surface area contributed by atoms with E-state index >= 15 is 0 Å². The van der Waals surface area contributed by atoms with Crippen LogP contribution in [-0.4, -0.2) is 50.4 Å².